The minimum absolute atomic E-state index is 0.0624. The summed E-state index contributed by atoms with van der Waals surface area (Å²) < 4.78 is 20.1. The molecule has 0 saturated heterocycles. The Morgan fingerprint density at radius 2 is 1.83 bits per heavy atom. The van der Waals surface area contributed by atoms with Gasteiger partial charge in [-0.05, 0) is 48.0 Å². The van der Waals surface area contributed by atoms with Crippen molar-refractivity contribution >= 4 is 11.6 Å². The maximum absolute atomic E-state index is 13.2. The Balaban J connectivity index is 1.76. The molecule has 4 rings (SSSR count). The number of methoxy groups -OCH3 is 1. The van der Waals surface area contributed by atoms with Gasteiger partial charge in [-0.15, -0.1) is 0 Å². The third-order valence-corrected chi connectivity index (χ3v) is 4.00. The zero-order valence-corrected chi connectivity index (χ0v) is 13.0. The first kappa shape index (κ1) is 14.4. The maximum atomic E-state index is 13.2. The molecule has 0 aliphatic carbocycles. The van der Waals surface area contributed by atoms with Gasteiger partial charge in [0.25, 0.3) is 0 Å². The summed E-state index contributed by atoms with van der Waals surface area (Å²) in [6.07, 6.45) is 3.55. The predicted octanol–water partition coefficient (Wildman–Crippen LogP) is 3.48. The zero-order chi connectivity index (χ0) is 16.5. The lowest BCUT2D eigenvalue weighted by Crippen LogP contribution is -2.20. The van der Waals surface area contributed by atoms with Crippen molar-refractivity contribution in [2.24, 2.45) is 0 Å². The second kappa shape index (κ2) is 5.81. The van der Waals surface area contributed by atoms with Crippen LogP contribution in [0.5, 0.6) is 5.75 Å². The molecule has 6 heteroatoms. The first-order valence-corrected chi connectivity index (χ1v) is 7.53. The van der Waals surface area contributed by atoms with Crippen molar-refractivity contribution in [1.82, 2.24) is 14.8 Å². The molecule has 2 heterocycles. The summed E-state index contributed by atoms with van der Waals surface area (Å²) in [5.41, 5.74) is 2.81. The van der Waals surface area contributed by atoms with Gasteiger partial charge in [0.2, 0.25) is 5.95 Å². The normalized spacial score (nSPS) is 16.1. The summed E-state index contributed by atoms with van der Waals surface area (Å²) in [6.45, 7) is 0. The highest BCUT2D eigenvalue weighted by Crippen LogP contribution is 2.32. The van der Waals surface area contributed by atoms with Crippen LogP contribution in [-0.4, -0.2) is 21.9 Å². The fourth-order valence-electron chi connectivity index (χ4n) is 2.76. The molecule has 0 bridgehead atoms. The molecule has 0 fully saturated rings. The van der Waals surface area contributed by atoms with Crippen LogP contribution in [0.1, 0.15) is 17.2 Å². The Kier molecular flexibility index (Phi) is 3.49. The number of nitrogens with zero attached hydrogens (tertiary/aromatic N) is 3. The number of ether oxygens (including phenoxy) is 1. The Labute approximate surface area is 138 Å². The average molecular weight is 322 g/mol. The van der Waals surface area contributed by atoms with Gasteiger partial charge in [0.05, 0.1) is 18.8 Å². The van der Waals surface area contributed by atoms with E-state index in [4.69, 9.17) is 4.74 Å². The SMILES string of the molecule is COc1ccc(C2C=C(c3ccc(F)cc3)n3ncnc3N2)cc1. The van der Waals surface area contributed by atoms with Crippen molar-refractivity contribution in [2.75, 3.05) is 12.4 Å². The van der Waals surface area contributed by atoms with Crippen molar-refractivity contribution in [2.45, 2.75) is 6.04 Å². The van der Waals surface area contributed by atoms with E-state index in [2.05, 4.69) is 21.5 Å². The fraction of sp³-hybridized carbons (Fsp3) is 0.111. The number of anilines is 1. The second-order valence-corrected chi connectivity index (χ2v) is 5.45. The Morgan fingerprint density at radius 1 is 1.08 bits per heavy atom. The third-order valence-electron chi connectivity index (χ3n) is 4.00. The van der Waals surface area contributed by atoms with Crippen LogP contribution in [0.3, 0.4) is 0 Å². The lowest BCUT2D eigenvalue weighted by molar-refractivity contribution is 0.414. The highest BCUT2D eigenvalue weighted by atomic mass is 19.1. The smallest absolute Gasteiger partial charge is 0.226 e. The summed E-state index contributed by atoms with van der Waals surface area (Å²) in [5.74, 6) is 1.19. The summed E-state index contributed by atoms with van der Waals surface area (Å²) in [6, 6.07) is 14.1. The van der Waals surface area contributed by atoms with Gasteiger partial charge in [0, 0.05) is 5.56 Å². The van der Waals surface area contributed by atoms with Crippen LogP contribution in [0.25, 0.3) is 5.70 Å². The zero-order valence-electron chi connectivity index (χ0n) is 13.0. The van der Waals surface area contributed by atoms with E-state index in [-0.39, 0.29) is 11.9 Å². The predicted molar refractivity (Wildman–Crippen MR) is 89.2 cm³/mol. The van der Waals surface area contributed by atoms with Crippen LogP contribution < -0.4 is 10.1 Å². The van der Waals surface area contributed by atoms with Crippen molar-refractivity contribution < 1.29 is 9.13 Å². The van der Waals surface area contributed by atoms with Crippen LogP contribution in [0.2, 0.25) is 0 Å². The third kappa shape index (κ3) is 2.52. The highest BCUT2D eigenvalue weighted by molar-refractivity contribution is 5.71. The molecule has 2 aromatic carbocycles. The van der Waals surface area contributed by atoms with Gasteiger partial charge in [-0.25, -0.2) is 4.39 Å². The van der Waals surface area contributed by atoms with Crippen molar-refractivity contribution in [3.05, 3.63) is 77.9 Å². The molecule has 1 aliphatic rings. The monoisotopic (exact) mass is 322 g/mol. The summed E-state index contributed by atoms with van der Waals surface area (Å²) in [5, 5.41) is 7.59. The molecule has 1 unspecified atom stereocenters. The van der Waals surface area contributed by atoms with Crippen LogP contribution >= 0.6 is 0 Å². The Morgan fingerprint density at radius 3 is 2.54 bits per heavy atom. The van der Waals surface area contributed by atoms with Crippen LogP contribution in [-0.2, 0) is 0 Å². The van der Waals surface area contributed by atoms with Gasteiger partial charge >= 0.3 is 0 Å². The molecule has 0 saturated carbocycles. The number of fused-ring (bicyclic) bond motifs is 1. The standard InChI is InChI=1S/C18H15FN4O/c1-24-15-8-4-12(5-9-15)16-10-17(13-2-6-14(19)7-3-13)23-18(22-16)20-11-21-23/h2-11,16H,1H3,(H,20,21,22). The molecule has 5 nitrogen and oxygen atoms in total. The fourth-order valence-corrected chi connectivity index (χ4v) is 2.76. The lowest BCUT2D eigenvalue weighted by atomic mass is 10.0. The second-order valence-electron chi connectivity index (χ2n) is 5.45. The Hall–Kier alpha value is -3.15. The number of hydrogen-bond donors (Lipinski definition) is 1. The quantitative estimate of drug-likeness (QED) is 0.802. The van der Waals surface area contributed by atoms with E-state index >= 15 is 0 Å². The molecule has 0 spiro atoms. The molecule has 3 aromatic rings. The largest absolute Gasteiger partial charge is 0.497 e. The van der Waals surface area contributed by atoms with Gasteiger partial charge in [-0.1, -0.05) is 12.1 Å². The first-order valence-electron chi connectivity index (χ1n) is 7.53. The molecular weight excluding hydrogens is 307 g/mol. The number of nitrogens with one attached hydrogen (secondary N) is 1. The number of aromatic nitrogens is 3. The molecule has 1 aliphatic heterocycles. The van der Waals surface area contributed by atoms with Crippen molar-refractivity contribution in [3.63, 3.8) is 0 Å². The molecule has 0 radical (unpaired) electrons. The van der Waals surface area contributed by atoms with E-state index in [1.54, 1.807) is 23.9 Å². The van der Waals surface area contributed by atoms with E-state index in [0.29, 0.717) is 5.95 Å². The minimum Gasteiger partial charge on any atom is -0.497 e. The highest BCUT2D eigenvalue weighted by Gasteiger charge is 2.22. The summed E-state index contributed by atoms with van der Waals surface area (Å²) in [7, 11) is 1.64. The lowest BCUT2D eigenvalue weighted by Gasteiger charge is -2.24. The van der Waals surface area contributed by atoms with Crippen molar-refractivity contribution in [3.8, 4) is 5.75 Å². The summed E-state index contributed by atoms with van der Waals surface area (Å²) >= 11 is 0. The minimum atomic E-state index is -0.265. The number of hydrogen-bond acceptors (Lipinski definition) is 4. The van der Waals surface area contributed by atoms with Crippen LogP contribution in [0.15, 0.2) is 60.9 Å². The maximum Gasteiger partial charge on any atom is 0.226 e. The molecular formula is C18H15FN4O. The molecule has 1 aromatic heterocycles. The Bertz CT molecular complexity index is 884. The topological polar surface area (TPSA) is 52.0 Å². The van der Waals surface area contributed by atoms with Crippen molar-refractivity contribution in [1.29, 1.82) is 0 Å². The van der Waals surface area contributed by atoms with E-state index in [9.17, 15) is 4.39 Å². The molecule has 1 atom stereocenters. The summed E-state index contributed by atoms with van der Waals surface area (Å²) in [4.78, 5) is 4.26. The van der Waals surface area contributed by atoms with E-state index < -0.39 is 0 Å². The van der Waals surface area contributed by atoms with Gasteiger partial charge in [-0.3, -0.25) is 0 Å². The molecule has 0 amide bonds. The van der Waals surface area contributed by atoms with Gasteiger partial charge in [-0.2, -0.15) is 14.8 Å². The average Bonchev–Trinajstić information content (AvgIpc) is 3.10. The van der Waals surface area contributed by atoms with Crippen LogP contribution in [0, 0.1) is 5.82 Å². The van der Waals surface area contributed by atoms with E-state index in [1.807, 2.05) is 24.3 Å². The van der Waals surface area contributed by atoms with Gasteiger partial charge in [0.1, 0.15) is 17.9 Å². The number of benzene rings is 2. The molecule has 120 valence electrons. The van der Waals surface area contributed by atoms with E-state index in [0.717, 1.165) is 22.6 Å². The molecule has 24 heavy (non-hydrogen) atoms. The number of halogens is 1. The molecule has 1 N–H and O–H groups in total. The van der Waals surface area contributed by atoms with E-state index in [1.165, 1.54) is 18.5 Å². The number of rotatable bonds is 3. The van der Waals surface area contributed by atoms with Crippen LogP contribution in [0.4, 0.5) is 10.3 Å². The first-order chi connectivity index (χ1) is 11.7. The van der Waals surface area contributed by atoms with Gasteiger partial charge in [0.15, 0.2) is 0 Å². The van der Waals surface area contributed by atoms with Gasteiger partial charge < -0.3 is 10.1 Å².